The molecule has 1 N–H and O–H groups in total. The molecule has 0 radical (unpaired) electrons. The van der Waals surface area contributed by atoms with E-state index in [2.05, 4.69) is 15.9 Å². The van der Waals surface area contributed by atoms with Crippen molar-refractivity contribution in [2.75, 3.05) is 10.4 Å². The zero-order chi connectivity index (χ0) is 28.9. The Labute approximate surface area is 258 Å². The van der Waals surface area contributed by atoms with Gasteiger partial charge in [-0.05, 0) is 61.6 Å². The fourth-order valence-electron chi connectivity index (χ4n) is 6.83. The van der Waals surface area contributed by atoms with Crippen LogP contribution in [0.15, 0.2) is 48.0 Å². The number of benzene rings is 2. The minimum absolute atomic E-state index is 0.142. The van der Waals surface area contributed by atoms with Gasteiger partial charge in [-0.2, -0.15) is 0 Å². The Hall–Kier alpha value is -2.10. The first-order valence-electron chi connectivity index (χ1n) is 12.5. The van der Waals surface area contributed by atoms with Gasteiger partial charge in [0.1, 0.15) is 5.75 Å². The number of imide groups is 2. The number of fused-ring (bicyclic) bond motifs is 4. The molecule has 4 aliphatic rings. The van der Waals surface area contributed by atoms with Crippen molar-refractivity contribution in [3.05, 3.63) is 69.2 Å². The molecule has 3 fully saturated rings. The Morgan fingerprint density at radius 1 is 1.00 bits per heavy atom. The number of nitrogens with zero attached hydrogens (tertiary/aromatic N) is 2. The van der Waals surface area contributed by atoms with Crippen LogP contribution >= 0.6 is 62.3 Å². The maximum Gasteiger partial charge on any atom is 0.254 e. The lowest BCUT2D eigenvalue weighted by molar-refractivity contribution is -0.138. The van der Waals surface area contributed by atoms with E-state index in [-0.39, 0.29) is 40.5 Å². The van der Waals surface area contributed by atoms with E-state index in [1.807, 2.05) is 6.92 Å². The highest BCUT2D eigenvalue weighted by atomic mass is 79.9. The Balaban J connectivity index is 1.53. The van der Waals surface area contributed by atoms with Crippen LogP contribution in [0.1, 0.15) is 29.9 Å². The molecule has 2 saturated heterocycles. The largest absolute Gasteiger partial charge is 0.508 e. The van der Waals surface area contributed by atoms with E-state index in [4.69, 9.17) is 46.4 Å². The van der Waals surface area contributed by atoms with E-state index in [9.17, 15) is 24.3 Å². The van der Waals surface area contributed by atoms with Crippen molar-refractivity contribution in [2.24, 2.45) is 17.8 Å². The summed E-state index contributed by atoms with van der Waals surface area (Å²) in [6, 6.07) is 9.31. The van der Waals surface area contributed by atoms with Crippen molar-refractivity contribution < 1.29 is 24.3 Å². The van der Waals surface area contributed by atoms with Crippen molar-refractivity contribution in [3.8, 4) is 5.75 Å². The molecule has 208 valence electrons. The minimum atomic E-state index is -2.02. The molecular formula is C28H21BrCl4N2O5. The van der Waals surface area contributed by atoms with Gasteiger partial charge in [0.2, 0.25) is 11.8 Å². The average molecular weight is 687 g/mol. The highest BCUT2D eigenvalue weighted by Crippen LogP contribution is 2.66. The van der Waals surface area contributed by atoms with Crippen LogP contribution in [0.25, 0.3) is 0 Å². The Morgan fingerprint density at radius 2 is 1.73 bits per heavy atom. The molecule has 4 amide bonds. The molecule has 0 aromatic heterocycles. The first-order valence-corrected chi connectivity index (χ1v) is 15.1. The lowest BCUT2D eigenvalue weighted by Gasteiger charge is -2.50. The van der Waals surface area contributed by atoms with Crippen LogP contribution in [0.3, 0.4) is 0 Å². The third-order valence-corrected chi connectivity index (χ3v) is 11.3. The summed E-state index contributed by atoms with van der Waals surface area (Å²) < 4.78 is 0. The molecule has 12 heteroatoms. The van der Waals surface area contributed by atoms with Crippen molar-refractivity contribution in [1.82, 2.24) is 4.90 Å². The minimum Gasteiger partial charge on any atom is -0.508 e. The van der Waals surface area contributed by atoms with Gasteiger partial charge in [0.05, 0.1) is 23.0 Å². The third kappa shape index (κ3) is 3.56. The van der Waals surface area contributed by atoms with E-state index in [0.717, 1.165) is 15.4 Å². The van der Waals surface area contributed by atoms with Gasteiger partial charge >= 0.3 is 0 Å². The number of alkyl halides is 3. The first kappa shape index (κ1) is 28.0. The van der Waals surface area contributed by atoms with E-state index in [1.54, 1.807) is 24.3 Å². The maximum absolute atomic E-state index is 14.0. The predicted molar refractivity (Wildman–Crippen MR) is 155 cm³/mol. The summed E-state index contributed by atoms with van der Waals surface area (Å²) in [6.07, 6.45) is 1.84. The van der Waals surface area contributed by atoms with Gasteiger partial charge in [-0.25, -0.2) is 4.90 Å². The second-order valence-corrected chi connectivity index (χ2v) is 13.2. The van der Waals surface area contributed by atoms with E-state index in [1.165, 1.54) is 18.2 Å². The van der Waals surface area contributed by atoms with Crippen molar-refractivity contribution in [1.29, 1.82) is 0 Å². The average Bonchev–Trinajstić information content (AvgIpc) is 3.25. The van der Waals surface area contributed by atoms with Crippen LogP contribution in [0, 0.1) is 24.7 Å². The zero-order valence-corrected chi connectivity index (χ0v) is 25.4. The normalized spacial score (nSPS) is 33.2. The molecule has 2 aromatic rings. The summed E-state index contributed by atoms with van der Waals surface area (Å²) in [5, 5.41) is 11.6. The summed E-state index contributed by atoms with van der Waals surface area (Å²) in [6.45, 7) is 1.82. The molecule has 2 heterocycles. The highest BCUT2D eigenvalue weighted by molar-refractivity contribution is 9.09. The molecule has 7 nitrogen and oxygen atoms in total. The lowest BCUT2D eigenvalue weighted by atomic mass is 9.56. The van der Waals surface area contributed by atoms with Crippen LogP contribution in [0.2, 0.25) is 10.0 Å². The fourth-order valence-corrected chi connectivity index (χ4v) is 8.60. The SMILES string of the molecule is Cc1ccc(N2C(=O)C3CC=C4C(CC5(Cl)C(=O)N(CBr)C(=O)C5(Cl)C4c4cc(Cl)ccc4O)C3C2=O)cc1Cl. The quantitative estimate of drug-likeness (QED) is 0.187. The van der Waals surface area contributed by atoms with E-state index < -0.39 is 51.1 Å². The number of hydrogen-bond donors (Lipinski definition) is 1. The molecule has 40 heavy (non-hydrogen) atoms. The van der Waals surface area contributed by atoms with Gasteiger partial charge in [0.25, 0.3) is 11.8 Å². The van der Waals surface area contributed by atoms with Gasteiger partial charge in [-0.1, -0.05) is 56.8 Å². The number of anilines is 1. The van der Waals surface area contributed by atoms with Gasteiger partial charge < -0.3 is 5.11 Å². The predicted octanol–water partition coefficient (Wildman–Crippen LogP) is 5.92. The van der Waals surface area contributed by atoms with Gasteiger partial charge in [-0.15, -0.1) is 23.2 Å². The number of aryl methyl sites for hydroxylation is 1. The molecule has 6 atom stereocenters. The molecule has 0 bridgehead atoms. The highest BCUT2D eigenvalue weighted by Gasteiger charge is 2.76. The van der Waals surface area contributed by atoms with Gasteiger partial charge in [0, 0.05) is 21.5 Å². The standard InChI is InChI=1S/C28H21BrCl4N2O5/c1-12-2-4-14(9-19(12)31)35-23(37)16-6-5-15-18(21(16)24(35)38)10-27(32)25(39)34(11-29)26(40)28(27,33)22(15)17-8-13(30)3-7-20(17)36/h2-5,7-9,16,18,21-22,36H,6,10-11H2,1H3. The fraction of sp³-hybridized carbons (Fsp3) is 0.357. The van der Waals surface area contributed by atoms with Crippen LogP contribution in [-0.4, -0.2) is 48.8 Å². The number of phenols is 1. The first-order chi connectivity index (χ1) is 18.9. The summed E-state index contributed by atoms with van der Waals surface area (Å²) in [7, 11) is 0. The smallest absolute Gasteiger partial charge is 0.254 e. The van der Waals surface area contributed by atoms with Crippen LogP contribution in [0.4, 0.5) is 5.69 Å². The second-order valence-electron chi connectivity index (χ2n) is 10.6. The summed E-state index contributed by atoms with van der Waals surface area (Å²) in [5.41, 5.74) is 1.78. The van der Waals surface area contributed by atoms with Crippen molar-refractivity contribution in [3.63, 3.8) is 0 Å². The molecule has 6 unspecified atom stereocenters. The second kappa shape index (κ2) is 9.46. The van der Waals surface area contributed by atoms with E-state index in [0.29, 0.717) is 16.3 Å². The monoisotopic (exact) mass is 684 g/mol. The summed E-state index contributed by atoms with van der Waals surface area (Å²) in [4.78, 5) is 53.2. The molecule has 1 saturated carbocycles. The number of rotatable bonds is 3. The summed E-state index contributed by atoms with van der Waals surface area (Å²) in [5.74, 6) is -5.85. The topological polar surface area (TPSA) is 95.0 Å². The number of likely N-dealkylation sites (tertiary alicyclic amines) is 1. The number of aromatic hydroxyl groups is 1. The Morgan fingerprint density at radius 3 is 2.40 bits per heavy atom. The number of carbonyl (C=O) groups excluding carboxylic acids is 4. The Bertz CT molecular complexity index is 1570. The zero-order valence-electron chi connectivity index (χ0n) is 20.8. The maximum atomic E-state index is 14.0. The molecule has 0 spiro atoms. The number of hydrogen-bond acceptors (Lipinski definition) is 5. The molecular weight excluding hydrogens is 666 g/mol. The number of halogens is 5. The van der Waals surface area contributed by atoms with Crippen LogP contribution < -0.4 is 4.90 Å². The number of phenolic OH excluding ortho intramolecular Hbond substituents is 1. The van der Waals surface area contributed by atoms with Crippen LogP contribution in [-0.2, 0) is 19.2 Å². The number of amides is 4. The molecule has 2 aromatic carbocycles. The Kier molecular flexibility index (Phi) is 6.63. The number of carbonyl (C=O) groups is 4. The molecule has 2 aliphatic carbocycles. The third-order valence-electron chi connectivity index (χ3n) is 8.73. The van der Waals surface area contributed by atoms with E-state index >= 15 is 0 Å². The van der Waals surface area contributed by atoms with Crippen molar-refractivity contribution >= 4 is 91.6 Å². The van der Waals surface area contributed by atoms with Gasteiger partial charge in [0.15, 0.2) is 9.75 Å². The summed E-state index contributed by atoms with van der Waals surface area (Å²) >= 11 is 30.1. The number of allylic oxidation sites excluding steroid dienone is 2. The van der Waals surface area contributed by atoms with Gasteiger partial charge in [-0.3, -0.25) is 24.1 Å². The lowest BCUT2D eigenvalue weighted by Crippen LogP contribution is -2.60. The molecule has 2 aliphatic heterocycles. The van der Waals surface area contributed by atoms with Crippen molar-refractivity contribution in [2.45, 2.75) is 35.4 Å². The van der Waals surface area contributed by atoms with Crippen LogP contribution in [0.5, 0.6) is 5.75 Å². The molecule has 6 rings (SSSR count).